The van der Waals surface area contributed by atoms with Crippen LogP contribution in [0.4, 0.5) is 0 Å². The summed E-state index contributed by atoms with van der Waals surface area (Å²) in [6.45, 7) is 2.21. The van der Waals surface area contributed by atoms with Gasteiger partial charge in [-0.1, -0.05) is 67.6 Å². The van der Waals surface area contributed by atoms with Crippen LogP contribution in [-0.2, 0) is 6.42 Å². The summed E-state index contributed by atoms with van der Waals surface area (Å²) in [5, 5.41) is 2.61. The number of hydrogen-bond donors (Lipinski definition) is 0. The van der Waals surface area contributed by atoms with Crippen molar-refractivity contribution >= 4 is 10.8 Å². The molecule has 0 bridgehead atoms. The SMILES string of the molecule is CCc1ccccc1-c1ccc2ccccc2c1. The highest BCUT2D eigenvalue weighted by Gasteiger charge is 2.03. The number of rotatable bonds is 2. The van der Waals surface area contributed by atoms with Gasteiger partial charge in [-0.25, -0.2) is 0 Å². The van der Waals surface area contributed by atoms with Crippen LogP contribution < -0.4 is 0 Å². The van der Waals surface area contributed by atoms with Crippen LogP contribution in [0, 0.1) is 0 Å². The van der Waals surface area contributed by atoms with E-state index >= 15 is 0 Å². The summed E-state index contributed by atoms with van der Waals surface area (Å²) in [6.07, 6.45) is 1.07. The first-order valence-electron chi connectivity index (χ1n) is 6.45. The summed E-state index contributed by atoms with van der Waals surface area (Å²) in [4.78, 5) is 0. The van der Waals surface area contributed by atoms with Gasteiger partial charge in [-0.15, -0.1) is 0 Å². The van der Waals surface area contributed by atoms with Gasteiger partial charge in [-0.3, -0.25) is 0 Å². The largest absolute Gasteiger partial charge is 0.0620 e. The van der Waals surface area contributed by atoms with Crippen molar-refractivity contribution in [2.75, 3.05) is 0 Å². The summed E-state index contributed by atoms with van der Waals surface area (Å²) in [5.41, 5.74) is 4.07. The van der Waals surface area contributed by atoms with Gasteiger partial charge >= 0.3 is 0 Å². The summed E-state index contributed by atoms with van der Waals surface area (Å²) in [6, 6.07) is 23.9. The van der Waals surface area contributed by atoms with Gasteiger partial charge in [0, 0.05) is 0 Å². The molecule has 88 valence electrons. The lowest BCUT2D eigenvalue weighted by molar-refractivity contribution is 1.14. The molecule has 0 radical (unpaired) electrons. The van der Waals surface area contributed by atoms with Crippen molar-refractivity contribution in [3.8, 4) is 11.1 Å². The number of fused-ring (bicyclic) bond motifs is 1. The third-order valence-electron chi connectivity index (χ3n) is 3.46. The minimum absolute atomic E-state index is 1.07. The molecule has 3 aromatic carbocycles. The van der Waals surface area contributed by atoms with Gasteiger partial charge in [-0.05, 0) is 39.9 Å². The van der Waals surface area contributed by atoms with E-state index in [1.807, 2.05) is 0 Å². The predicted octanol–water partition coefficient (Wildman–Crippen LogP) is 5.07. The molecule has 0 saturated heterocycles. The smallest absolute Gasteiger partial charge is 0.0152 e. The zero-order valence-electron chi connectivity index (χ0n) is 10.6. The molecule has 18 heavy (non-hydrogen) atoms. The Morgan fingerprint density at radius 2 is 1.44 bits per heavy atom. The Labute approximate surface area is 108 Å². The molecule has 3 aromatic rings. The first kappa shape index (κ1) is 11.0. The topological polar surface area (TPSA) is 0 Å². The van der Waals surface area contributed by atoms with Crippen molar-refractivity contribution in [3.05, 3.63) is 72.3 Å². The summed E-state index contributed by atoms with van der Waals surface area (Å²) in [5.74, 6) is 0. The molecular formula is C18H16. The molecule has 0 N–H and O–H groups in total. The van der Waals surface area contributed by atoms with Crippen LogP contribution in [0.5, 0.6) is 0 Å². The van der Waals surface area contributed by atoms with E-state index in [0.717, 1.165) is 6.42 Å². The Bertz CT molecular complexity index is 680. The summed E-state index contributed by atoms with van der Waals surface area (Å²) < 4.78 is 0. The van der Waals surface area contributed by atoms with Crippen molar-refractivity contribution in [1.82, 2.24) is 0 Å². The van der Waals surface area contributed by atoms with Crippen LogP contribution in [0.25, 0.3) is 21.9 Å². The van der Waals surface area contributed by atoms with Crippen LogP contribution in [0.15, 0.2) is 66.7 Å². The Morgan fingerprint density at radius 3 is 2.28 bits per heavy atom. The van der Waals surface area contributed by atoms with E-state index in [2.05, 4.69) is 73.7 Å². The van der Waals surface area contributed by atoms with E-state index in [1.54, 1.807) is 0 Å². The Hall–Kier alpha value is -2.08. The van der Waals surface area contributed by atoms with E-state index in [-0.39, 0.29) is 0 Å². The molecule has 0 aromatic heterocycles. The highest BCUT2D eigenvalue weighted by atomic mass is 14.1. The highest BCUT2D eigenvalue weighted by Crippen LogP contribution is 2.27. The minimum atomic E-state index is 1.07. The molecule has 0 fully saturated rings. The van der Waals surface area contributed by atoms with Crippen molar-refractivity contribution in [3.63, 3.8) is 0 Å². The maximum Gasteiger partial charge on any atom is -0.0152 e. The van der Waals surface area contributed by atoms with Crippen LogP contribution in [0.1, 0.15) is 12.5 Å². The summed E-state index contributed by atoms with van der Waals surface area (Å²) >= 11 is 0. The Morgan fingerprint density at radius 1 is 0.722 bits per heavy atom. The second-order valence-electron chi connectivity index (χ2n) is 4.57. The lowest BCUT2D eigenvalue weighted by atomic mass is 9.96. The third-order valence-corrected chi connectivity index (χ3v) is 3.46. The quantitative estimate of drug-likeness (QED) is 0.578. The second kappa shape index (κ2) is 4.66. The number of hydrogen-bond acceptors (Lipinski definition) is 0. The highest BCUT2D eigenvalue weighted by molar-refractivity contribution is 5.87. The minimum Gasteiger partial charge on any atom is -0.0620 e. The van der Waals surface area contributed by atoms with E-state index in [9.17, 15) is 0 Å². The fraction of sp³-hybridized carbons (Fsp3) is 0.111. The molecule has 0 unspecified atom stereocenters. The van der Waals surface area contributed by atoms with E-state index in [0.29, 0.717) is 0 Å². The average molecular weight is 232 g/mol. The van der Waals surface area contributed by atoms with Gasteiger partial charge in [-0.2, -0.15) is 0 Å². The molecule has 0 heteroatoms. The standard InChI is InChI=1S/C18H16/c1-2-14-7-5-6-10-18(14)17-12-11-15-8-3-4-9-16(15)13-17/h3-13H,2H2,1H3. The second-order valence-corrected chi connectivity index (χ2v) is 4.57. The molecule has 0 aliphatic rings. The molecule has 0 heterocycles. The zero-order valence-corrected chi connectivity index (χ0v) is 10.6. The first-order valence-corrected chi connectivity index (χ1v) is 6.45. The zero-order chi connectivity index (χ0) is 12.4. The van der Waals surface area contributed by atoms with Crippen molar-refractivity contribution in [2.24, 2.45) is 0 Å². The number of benzene rings is 3. The van der Waals surface area contributed by atoms with Gasteiger partial charge in [0.15, 0.2) is 0 Å². The van der Waals surface area contributed by atoms with Gasteiger partial charge in [0.05, 0.1) is 0 Å². The molecule has 3 rings (SSSR count). The fourth-order valence-corrected chi connectivity index (χ4v) is 2.47. The fourth-order valence-electron chi connectivity index (χ4n) is 2.47. The Balaban J connectivity index is 2.19. The lowest BCUT2D eigenvalue weighted by Gasteiger charge is -2.09. The lowest BCUT2D eigenvalue weighted by Crippen LogP contribution is -1.87. The first-order chi connectivity index (χ1) is 8.88. The predicted molar refractivity (Wildman–Crippen MR) is 78.8 cm³/mol. The summed E-state index contributed by atoms with van der Waals surface area (Å²) in [7, 11) is 0. The van der Waals surface area contributed by atoms with Crippen molar-refractivity contribution in [2.45, 2.75) is 13.3 Å². The molecule has 0 atom stereocenters. The van der Waals surface area contributed by atoms with Crippen LogP contribution in [0.2, 0.25) is 0 Å². The monoisotopic (exact) mass is 232 g/mol. The van der Waals surface area contributed by atoms with Crippen molar-refractivity contribution in [1.29, 1.82) is 0 Å². The van der Waals surface area contributed by atoms with Crippen LogP contribution in [-0.4, -0.2) is 0 Å². The van der Waals surface area contributed by atoms with E-state index < -0.39 is 0 Å². The molecule has 0 aliphatic heterocycles. The van der Waals surface area contributed by atoms with E-state index in [1.165, 1.54) is 27.5 Å². The molecule has 0 saturated carbocycles. The molecular weight excluding hydrogens is 216 g/mol. The third kappa shape index (κ3) is 1.91. The van der Waals surface area contributed by atoms with E-state index in [4.69, 9.17) is 0 Å². The van der Waals surface area contributed by atoms with Gasteiger partial charge < -0.3 is 0 Å². The normalized spacial score (nSPS) is 10.7. The van der Waals surface area contributed by atoms with Gasteiger partial charge in [0.2, 0.25) is 0 Å². The molecule has 0 nitrogen and oxygen atoms in total. The average Bonchev–Trinajstić information content (AvgIpc) is 2.46. The van der Waals surface area contributed by atoms with Gasteiger partial charge in [0.1, 0.15) is 0 Å². The van der Waals surface area contributed by atoms with Crippen LogP contribution in [0.3, 0.4) is 0 Å². The van der Waals surface area contributed by atoms with Crippen molar-refractivity contribution < 1.29 is 0 Å². The number of aryl methyl sites for hydroxylation is 1. The molecule has 0 aliphatic carbocycles. The van der Waals surface area contributed by atoms with Crippen LogP contribution >= 0.6 is 0 Å². The van der Waals surface area contributed by atoms with Gasteiger partial charge in [0.25, 0.3) is 0 Å². The maximum absolute atomic E-state index is 2.28. The Kier molecular flexibility index (Phi) is 2.85. The molecule has 0 spiro atoms. The maximum atomic E-state index is 2.28. The molecule has 0 amide bonds.